The van der Waals surface area contributed by atoms with E-state index in [0.717, 1.165) is 36.9 Å². The van der Waals surface area contributed by atoms with Crippen molar-refractivity contribution in [3.8, 4) is 0 Å². The SMILES string of the molecule is CCCc1ccc(C(=O)CSc2nnc3ccc(C(F)(F)F)cn23)cc1. The molecule has 3 rings (SSSR count). The van der Waals surface area contributed by atoms with Gasteiger partial charge in [-0.3, -0.25) is 9.20 Å². The van der Waals surface area contributed by atoms with Crippen LogP contribution in [0.1, 0.15) is 34.8 Å². The van der Waals surface area contributed by atoms with Crippen LogP contribution in [0.5, 0.6) is 0 Å². The number of ketones is 1. The zero-order chi connectivity index (χ0) is 18.7. The number of carbonyl (C=O) groups is 1. The van der Waals surface area contributed by atoms with Gasteiger partial charge in [-0.15, -0.1) is 10.2 Å². The maximum absolute atomic E-state index is 12.9. The maximum atomic E-state index is 12.9. The van der Waals surface area contributed by atoms with Gasteiger partial charge in [0.1, 0.15) is 0 Å². The van der Waals surface area contributed by atoms with E-state index in [2.05, 4.69) is 17.1 Å². The highest BCUT2D eigenvalue weighted by Gasteiger charge is 2.31. The number of hydrogen-bond acceptors (Lipinski definition) is 4. The smallest absolute Gasteiger partial charge is 0.293 e. The van der Waals surface area contributed by atoms with Crippen LogP contribution in [0.25, 0.3) is 5.65 Å². The first kappa shape index (κ1) is 18.4. The van der Waals surface area contributed by atoms with Crippen molar-refractivity contribution in [2.24, 2.45) is 0 Å². The zero-order valence-electron chi connectivity index (χ0n) is 14.0. The Morgan fingerprint density at radius 2 is 1.85 bits per heavy atom. The van der Waals surface area contributed by atoms with Crippen LogP contribution in [0.15, 0.2) is 47.8 Å². The second-order valence-electron chi connectivity index (χ2n) is 5.79. The molecule has 4 nitrogen and oxygen atoms in total. The van der Waals surface area contributed by atoms with E-state index in [-0.39, 0.29) is 16.7 Å². The number of carbonyl (C=O) groups excluding carboxylic acids is 1. The van der Waals surface area contributed by atoms with Crippen molar-refractivity contribution in [1.29, 1.82) is 0 Å². The first-order valence-electron chi connectivity index (χ1n) is 8.05. The number of nitrogens with zero attached hydrogens (tertiary/aromatic N) is 3. The van der Waals surface area contributed by atoms with E-state index in [1.54, 1.807) is 12.1 Å². The number of aryl methyl sites for hydroxylation is 1. The normalized spacial score (nSPS) is 11.8. The number of benzene rings is 1. The second kappa shape index (κ2) is 7.49. The number of rotatable bonds is 6. The molecule has 2 heterocycles. The molecule has 0 spiro atoms. The summed E-state index contributed by atoms with van der Waals surface area (Å²) in [5.41, 5.74) is 1.25. The molecule has 0 fully saturated rings. The van der Waals surface area contributed by atoms with Crippen molar-refractivity contribution in [3.63, 3.8) is 0 Å². The maximum Gasteiger partial charge on any atom is 0.417 e. The van der Waals surface area contributed by atoms with E-state index < -0.39 is 11.7 Å². The lowest BCUT2D eigenvalue weighted by atomic mass is 10.1. The van der Waals surface area contributed by atoms with Crippen molar-refractivity contribution < 1.29 is 18.0 Å². The summed E-state index contributed by atoms with van der Waals surface area (Å²) in [4.78, 5) is 12.3. The molecule has 0 aliphatic rings. The fourth-order valence-corrected chi connectivity index (χ4v) is 3.31. The van der Waals surface area contributed by atoms with Gasteiger partial charge in [-0.05, 0) is 24.1 Å². The largest absolute Gasteiger partial charge is 0.417 e. The molecule has 0 amide bonds. The molecule has 0 unspecified atom stereocenters. The van der Waals surface area contributed by atoms with Crippen LogP contribution in [0, 0.1) is 0 Å². The minimum atomic E-state index is -4.45. The number of aromatic nitrogens is 3. The molecular weight excluding hydrogens is 363 g/mol. The quantitative estimate of drug-likeness (QED) is 0.461. The van der Waals surface area contributed by atoms with Crippen molar-refractivity contribution >= 4 is 23.2 Å². The van der Waals surface area contributed by atoms with Gasteiger partial charge in [0, 0.05) is 11.8 Å². The lowest BCUT2D eigenvalue weighted by Crippen LogP contribution is -2.07. The Labute approximate surface area is 152 Å². The van der Waals surface area contributed by atoms with Gasteiger partial charge in [-0.1, -0.05) is 49.4 Å². The molecule has 1 aromatic carbocycles. The number of Topliss-reactive ketones (excluding diaryl/α,β-unsaturated/α-hetero) is 1. The van der Waals surface area contributed by atoms with Gasteiger partial charge in [-0.25, -0.2) is 0 Å². The number of thioether (sulfide) groups is 1. The van der Waals surface area contributed by atoms with Gasteiger partial charge in [0.15, 0.2) is 16.6 Å². The summed E-state index contributed by atoms with van der Waals surface area (Å²) in [6, 6.07) is 9.61. The van der Waals surface area contributed by atoms with Crippen molar-refractivity contribution in [2.45, 2.75) is 31.1 Å². The first-order chi connectivity index (χ1) is 12.4. The third-order valence-electron chi connectivity index (χ3n) is 3.85. The lowest BCUT2D eigenvalue weighted by molar-refractivity contribution is -0.137. The van der Waals surface area contributed by atoms with Crippen LogP contribution in [-0.2, 0) is 12.6 Å². The summed E-state index contributed by atoms with van der Waals surface area (Å²) in [5.74, 6) is -0.0359. The Morgan fingerprint density at radius 1 is 1.12 bits per heavy atom. The molecule has 0 saturated carbocycles. The van der Waals surface area contributed by atoms with Gasteiger partial charge in [0.2, 0.25) is 0 Å². The average molecular weight is 379 g/mol. The topological polar surface area (TPSA) is 47.3 Å². The molecule has 0 N–H and O–H groups in total. The minimum absolute atomic E-state index is 0.0736. The number of halogens is 3. The molecule has 26 heavy (non-hydrogen) atoms. The Hall–Kier alpha value is -2.35. The Bertz CT molecular complexity index is 920. The summed E-state index contributed by atoms with van der Waals surface area (Å²) in [6.45, 7) is 2.09. The van der Waals surface area contributed by atoms with E-state index in [1.807, 2.05) is 12.1 Å². The summed E-state index contributed by atoms with van der Waals surface area (Å²) in [6.07, 6.45) is -1.52. The molecule has 0 bridgehead atoms. The van der Waals surface area contributed by atoms with Gasteiger partial charge in [0.05, 0.1) is 11.3 Å². The average Bonchev–Trinajstić information content (AvgIpc) is 3.02. The summed E-state index contributed by atoms with van der Waals surface area (Å²) < 4.78 is 39.8. The highest BCUT2D eigenvalue weighted by molar-refractivity contribution is 7.99. The van der Waals surface area contributed by atoms with E-state index in [0.29, 0.717) is 11.2 Å². The number of alkyl halides is 3. The third-order valence-corrected chi connectivity index (χ3v) is 4.79. The Kier molecular flexibility index (Phi) is 5.31. The summed E-state index contributed by atoms with van der Waals surface area (Å²) in [5, 5.41) is 7.97. The van der Waals surface area contributed by atoms with Crippen molar-refractivity contribution in [2.75, 3.05) is 5.75 Å². The highest BCUT2D eigenvalue weighted by Crippen LogP contribution is 2.30. The van der Waals surface area contributed by atoms with E-state index >= 15 is 0 Å². The zero-order valence-corrected chi connectivity index (χ0v) is 14.8. The standard InChI is InChI=1S/C18H16F3N3OS/c1-2-3-12-4-6-13(7-5-12)15(25)11-26-17-23-22-16-9-8-14(10-24(16)17)18(19,20)21/h4-10H,2-3,11H2,1H3. The fourth-order valence-electron chi connectivity index (χ4n) is 2.50. The van der Waals surface area contributed by atoms with Crippen molar-refractivity contribution in [3.05, 3.63) is 59.3 Å². The van der Waals surface area contributed by atoms with Crippen LogP contribution < -0.4 is 0 Å². The lowest BCUT2D eigenvalue weighted by Gasteiger charge is -2.07. The van der Waals surface area contributed by atoms with Crippen molar-refractivity contribution in [1.82, 2.24) is 14.6 Å². The predicted octanol–water partition coefficient (Wildman–Crippen LogP) is 4.68. The summed E-state index contributed by atoms with van der Waals surface area (Å²) in [7, 11) is 0. The molecule has 0 radical (unpaired) electrons. The van der Waals surface area contributed by atoms with Gasteiger partial charge < -0.3 is 0 Å². The molecule has 0 aliphatic heterocycles. The molecule has 8 heteroatoms. The molecule has 136 valence electrons. The molecule has 0 saturated heterocycles. The minimum Gasteiger partial charge on any atom is -0.293 e. The molecule has 3 aromatic rings. The third kappa shape index (κ3) is 4.07. The molecule has 0 aliphatic carbocycles. The van der Waals surface area contributed by atoms with Crippen LogP contribution >= 0.6 is 11.8 Å². The number of hydrogen-bond donors (Lipinski definition) is 0. The summed E-state index contributed by atoms with van der Waals surface area (Å²) >= 11 is 1.07. The Morgan fingerprint density at radius 3 is 2.50 bits per heavy atom. The Balaban J connectivity index is 1.73. The van der Waals surface area contributed by atoms with E-state index in [4.69, 9.17) is 0 Å². The molecule has 2 aromatic heterocycles. The molecule has 0 atom stereocenters. The van der Waals surface area contributed by atoms with E-state index in [9.17, 15) is 18.0 Å². The van der Waals surface area contributed by atoms with Gasteiger partial charge in [0.25, 0.3) is 0 Å². The highest BCUT2D eigenvalue weighted by atomic mass is 32.2. The van der Waals surface area contributed by atoms with Gasteiger partial charge in [-0.2, -0.15) is 13.2 Å². The predicted molar refractivity (Wildman–Crippen MR) is 93.5 cm³/mol. The number of fused-ring (bicyclic) bond motifs is 1. The first-order valence-corrected chi connectivity index (χ1v) is 9.04. The van der Waals surface area contributed by atoms with Crippen LogP contribution in [0.2, 0.25) is 0 Å². The van der Waals surface area contributed by atoms with E-state index in [1.165, 1.54) is 16.0 Å². The monoisotopic (exact) mass is 379 g/mol. The number of pyridine rings is 1. The van der Waals surface area contributed by atoms with Crippen LogP contribution in [0.3, 0.4) is 0 Å². The fraction of sp³-hybridized carbons (Fsp3) is 0.278. The van der Waals surface area contributed by atoms with Crippen LogP contribution in [0.4, 0.5) is 13.2 Å². The second-order valence-corrected chi connectivity index (χ2v) is 6.73. The van der Waals surface area contributed by atoms with Gasteiger partial charge >= 0.3 is 6.18 Å². The van der Waals surface area contributed by atoms with Crippen LogP contribution in [-0.4, -0.2) is 26.1 Å². The molecular formula is C18H16F3N3OS.